The van der Waals surface area contributed by atoms with Crippen LogP contribution in [-0.2, 0) is 6.54 Å². The van der Waals surface area contributed by atoms with Crippen LogP contribution in [0.15, 0.2) is 34.7 Å². The summed E-state index contributed by atoms with van der Waals surface area (Å²) < 4.78 is 19.8. The maximum absolute atomic E-state index is 14.0. The Morgan fingerprint density at radius 3 is 2.50 bits per heavy atom. The fourth-order valence-electron chi connectivity index (χ4n) is 4.50. The zero-order valence-corrected chi connectivity index (χ0v) is 16.8. The van der Waals surface area contributed by atoms with Crippen molar-refractivity contribution in [2.24, 2.45) is 0 Å². The topological polar surface area (TPSA) is 43.1 Å². The molecule has 4 rings (SSSR count). The second kappa shape index (κ2) is 8.23. The second-order valence-electron chi connectivity index (χ2n) is 8.08. The number of benzene rings is 1. The molecule has 2 aliphatic rings. The summed E-state index contributed by atoms with van der Waals surface area (Å²) in [5, 5.41) is 10.8. The van der Waals surface area contributed by atoms with Crippen LogP contribution < -0.4 is 4.90 Å². The highest BCUT2D eigenvalue weighted by atomic mass is 19.1. The van der Waals surface area contributed by atoms with Gasteiger partial charge < -0.3 is 14.4 Å². The highest BCUT2D eigenvalue weighted by Gasteiger charge is 2.34. The number of anilines is 1. The first-order valence-corrected chi connectivity index (χ1v) is 10.2. The van der Waals surface area contributed by atoms with Crippen molar-refractivity contribution in [2.45, 2.75) is 39.0 Å². The molecular formula is C22H30FN3O2. The minimum Gasteiger partial charge on any atom is -0.465 e. The molecule has 0 amide bonds. The van der Waals surface area contributed by atoms with Gasteiger partial charge in [-0.15, -0.1) is 0 Å². The van der Waals surface area contributed by atoms with Crippen molar-refractivity contribution in [3.63, 3.8) is 0 Å². The van der Waals surface area contributed by atoms with Gasteiger partial charge in [-0.1, -0.05) is 12.1 Å². The van der Waals surface area contributed by atoms with Crippen LogP contribution in [0.25, 0.3) is 0 Å². The van der Waals surface area contributed by atoms with Crippen LogP contribution in [0.4, 0.5) is 10.1 Å². The highest BCUT2D eigenvalue weighted by Crippen LogP contribution is 2.24. The molecule has 28 heavy (non-hydrogen) atoms. The molecule has 6 heteroatoms. The summed E-state index contributed by atoms with van der Waals surface area (Å²) in [6, 6.07) is 9.24. The number of rotatable bonds is 4. The van der Waals surface area contributed by atoms with E-state index < -0.39 is 0 Å². The molecule has 0 bridgehead atoms. The molecule has 3 heterocycles. The average Bonchev–Trinajstić information content (AvgIpc) is 3.00. The van der Waals surface area contributed by atoms with E-state index in [4.69, 9.17) is 4.42 Å². The highest BCUT2D eigenvalue weighted by molar-refractivity contribution is 5.48. The lowest BCUT2D eigenvalue weighted by Gasteiger charge is -2.45. The predicted octanol–water partition coefficient (Wildman–Crippen LogP) is 2.79. The monoisotopic (exact) mass is 387 g/mol. The van der Waals surface area contributed by atoms with Crippen molar-refractivity contribution in [2.75, 3.05) is 44.2 Å². The summed E-state index contributed by atoms with van der Waals surface area (Å²) in [6.07, 6.45) is 0.574. The van der Waals surface area contributed by atoms with Gasteiger partial charge in [0.05, 0.1) is 18.3 Å². The zero-order chi connectivity index (χ0) is 19.7. The number of nitrogens with zero attached hydrogens (tertiary/aromatic N) is 3. The molecule has 1 N–H and O–H groups in total. The average molecular weight is 387 g/mol. The lowest BCUT2D eigenvalue weighted by Crippen LogP contribution is -2.58. The molecule has 2 saturated heterocycles. The van der Waals surface area contributed by atoms with E-state index in [1.54, 1.807) is 6.07 Å². The summed E-state index contributed by atoms with van der Waals surface area (Å²) in [6.45, 7) is 9.70. The molecule has 1 aromatic heterocycles. The lowest BCUT2D eigenvalue weighted by molar-refractivity contribution is -0.0187. The Hall–Kier alpha value is -1.89. The van der Waals surface area contributed by atoms with Gasteiger partial charge in [0.15, 0.2) is 0 Å². The number of hydrogen-bond acceptors (Lipinski definition) is 5. The second-order valence-corrected chi connectivity index (χ2v) is 8.08. The molecule has 2 atom stereocenters. The molecule has 152 valence electrons. The van der Waals surface area contributed by atoms with Crippen molar-refractivity contribution in [3.05, 3.63) is 53.2 Å². The van der Waals surface area contributed by atoms with Crippen molar-refractivity contribution in [1.82, 2.24) is 9.80 Å². The molecule has 0 unspecified atom stereocenters. The first kappa shape index (κ1) is 19.4. The van der Waals surface area contributed by atoms with Crippen molar-refractivity contribution < 1.29 is 13.9 Å². The third kappa shape index (κ3) is 4.09. The molecule has 1 aromatic carbocycles. The standard InChI is InChI=1S/C22H30FN3O2/c1-16-13-18(28-17(16)2)14-24-8-7-21(22(27)15-24)26-11-9-25(10-12-26)20-6-4-3-5-19(20)23/h3-6,13,21-22,27H,7-12,14-15H2,1-2H3/t21-,22-/m1/s1. The largest absolute Gasteiger partial charge is 0.465 e. The summed E-state index contributed by atoms with van der Waals surface area (Å²) >= 11 is 0. The summed E-state index contributed by atoms with van der Waals surface area (Å²) in [5.74, 6) is 1.78. The number of likely N-dealkylation sites (tertiary alicyclic amines) is 1. The molecule has 0 aliphatic carbocycles. The zero-order valence-electron chi connectivity index (χ0n) is 16.8. The van der Waals surface area contributed by atoms with Crippen LogP contribution in [0.2, 0.25) is 0 Å². The van der Waals surface area contributed by atoms with Crippen LogP contribution in [0.5, 0.6) is 0 Å². The van der Waals surface area contributed by atoms with E-state index in [1.165, 1.54) is 11.6 Å². The number of piperidine rings is 1. The number of para-hydroxylation sites is 1. The van der Waals surface area contributed by atoms with Crippen LogP contribution in [0.1, 0.15) is 23.5 Å². The van der Waals surface area contributed by atoms with Crippen LogP contribution in [0.3, 0.4) is 0 Å². The third-order valence-corrected chi connectivity index (χ3v) is 6.20. The van der Waals surface area contributed by atoms with Gasteiger partial charge in [0.2, 0.25) is 0 Å². The maximum Gasteiger partial charge on any atom is 0.146 e. The normalized spacial score (nSPS) is 24.6. The van der Waals surface area contributed by atoms with Gasteiger partial charge in [-0.25, -0.2) is 4.39 Å². The van der Waals surface area contributed by atoms with E-state index in [2.05, 4.69) is 27.7 Å². The Kier molecular flexibility index (Phi) is 5.71. The van der Waals surface area contributed by atoms with Crippen molar-refractivity contribution in [1.29, 1.82) is 0 Å². The number of piperazine rings is 1. The van der Waals surface area contributed by atoms with Crippen molar-refractivity contribution >= 4 is 5.69 Å². The van der Waals surface area contributed by atoms with E-state index in [-0.39, 0.29) is 18.0 Å². The smallest absolute Gasteiger partial charge is 0.146 e. The van der Waals surface area contributed by atoms with Gasteiger partial charge in [-0.2, -0.15) is 0 Å². The molecule has 0 saturated carbocycles. The number of furan rings is 1. The molecular weight excluding hydrogens is 357 g/mol. The summed E-state index contributed by atoms with van der Waals surface area (Å²) in [4.78, 5) is 6.75. The molecule has 2 aromatic rings. The molecule has 5 nitrogen and oxygen atoms in total. The number of β-amino-alcohol motifs (C(OH)–C–C–N with tert-alkyl or cyclic N) is 1. The first-order valence-electron chi connectivity index (χ1n) is 10.2. The summed E-state index contributed by atoms with van der Waals surface area (Å²) in [7, 11) is 0. The van der Waals surface area contributed by atoms with Gasteiger partial charge in [0.25, 0.3) is 0 Å². The van der Waals surface area contributed by atoms with Gasteiger partial charge in [-0.05, 0) is 44.0 Å². The van der Waals surface area contributed by atoms with E-state index in [9.17, 15) is 9.50 Å². The third-order valence-electron chi connectivity index (χ3n) is 6.20. The quantitative estimate of drug-likeness (QED) is 0.874. The number of aliphatic hydroxyl groups is 1. The number of hydrogen-bond donors (Lipinski definition) is 1. The number of aliphatic hydroxyl groups excluding tert-OH is 1. The predicted molar refractivity (Wildman–Crippen MR) is 108 cm³/mol. The Labute approximate surface area is 166 Å². The minimum atomic E-state index is -0.370. The summed E-state index contributed by atoms with van der Waals surface area (Å²) in [5.41, 5.74) is 1.86. The van der Waals surface area contributed by atoms with Crippen LogP contribution in [-0.4, -0.2) is 66.3 Å². The molecule has 2 aliphatic heterocycles. The van der Waals surface area contributed by atoms with Gasteiger partial charge in [-0.3, -0.25) is 9.80 Å². The molecule has 2 fully saturated rings. The van der Waals surface area contributed by atoms with Crippen LogP contribution >= 0.6 is 0 Å². The fraction of sp³-hybridized carbons (Fsp3) is 0.545. The van der Waals surface area contributed by atoms with Gasteiger partial charge in [0.1, 0.15) is 17.3 Å². The fourth-order valence-corrected chi connectivity index (χ4v) is 4.50. The number of halogens is 1. The minimum absolute atomic E-state index is 0.160. The number of aryl methyl sites for hydroxylation is 2. The SMILES string of the molecule is Cc1cc(CN2CC[C@@H](N3CCN(c4ccccc4F)CC3)[C@H](O)C2)oc1C. The van der Waals surface area contributed by atoms with E-state index in [1.807, 2.05) is 19.1 Å². The molecule has 0 spiro atoms. The lowest BCUT2D eigenvalue weighted by atomic mass is 9.99. The van der Waals surface area contributed by atoms with E-state index in [0.717, 1.165) is 57.2 Å². The Bertz CT molecular complexity index is 781. The van der Waals surface area contributed by atoms with Gasteiger partial charge in [0, 0.05) is 45.3 Å². The van der Waals surface area contributed by atoms with Crippen molar-refractivity contribution in [3.8, 4) is 0 Å². The Morgan fingerprint density at radius 1 is 1.11 bits per heavy atom. The maximum atomic E-state index is 14.0. The Balaban J connectivity index is 1.30. The Morgan fingerprint density at radius 2 is 1.86 bits per heavy atom. The van der Waals surface area contributed by atoms with E-state index >= 15 is 0 Å². The van der Waals surface area contributed by atoms with Crippen LogP contribution in [0, 0.1) is 19.7 Å². The van der Waals surface area contributed by atoms with Gasteiger partial charge >= 0.3 is 0 Å². The molecule has 0 radical (unpaired) electrons. The van der Waals surface area contributed by atoms with E-state index in [0.29, 0.717) is 12.2 Å². The first-order chi connectivity index (χ1) is 13.5.